The number of aliphatic carboxylic acids is 3. The van der Waals surface area contributed by atoms with Gasteiger partial charge in [0.25, 0.3) is 0 Å². The van der Waals surface area contributed by atoms with Crippen LogP contribution in [0.1, 0.15) is 0 Å². The fraction of sp³-hybridized carbons (Fsp3) is 0.688. The quantitative estimate of drug-likeness (QED) is 0.128. The number of carbonyl (C=O) groups excluding carboxylic acids is 2. The summed E-state index contributed by atoms with van der Waals surface area (Å²) in [5.41, 5.74) is 0. The Morgan fingerprint density at radius 2 is 0.833 bits per heavy atom. The number of ether oxygens (including phenoxy) is 2. The molecule has 0 bridgehead atoms. The van der Waals surface area contributed by atoms with Crippen LogP contribution in [0.4, 0.5) is 0 Å². The summed E-state index contributed by atoms with van der Waals surface area (Å²) >= 11 is 0. The van der Waals surface area contributed by atoms with E-state index in [2.05, 4.69) is 9.47 Å². The Balaban J connectivity index is 0. The normalized spacial score (nSPS) is 10.6. The van der Waals surface area contributed by atoms with Gasteiger partial charge in [0, 0.05) is 63.9 Å². The van der Waals surface area contributed by atoms with Crippen molar-refractivity contribution in [2.75, 3.05) is 73.1 Å². The van der Waals surface area contributed by atoms with E-state index in [0.717, 1.165) is 14.2 Å². The molecule has 0 saturated heterocycles. The van der Waals surface area contributed by atoms with Gasteiger partial charge in [-0.3, -0.25) is 38.7 Å². The SMILES string of the molecule is COC(=O)CN(CCN(CCN(CC(=O)O)CC(=O)OC)CC(=O)O)CC(=O)O.[166Ho]. The summed E-state index contributed by atoms with van der Waals surface area (Å²) < 4.78 is 9.02. The Morgan fingerprint density at radius 3 is 1.10 bits per heavy atom. The largest absolute Gasteiger partial charge is 0.480 e. The molecular weight excluding hydrogens is 560 g/mol. The molecule has 0 aromatic rings. The number of carbonyl (C=O) groups is 5. The van der Waals surface area contributed by atoms with Crippen molar-refractivity contribution in [3.8, 4) is 0 Å². The average Bonchev–Trinajstić information content (AvgIpc) is 2.61. The number of esters is 2. The maximum Gasteiger partial charge on any atom is 0.319 e. The second-order valence-electron chi connectivity index (χ2n) is 6.03. The van der Waals surface area contributed by atoms with Gasteiger partial charge in [-0.25, -0.2) is 0 Å². The number of hydrogen-bond acceptors (Lipinski definition) is 10. The molecule has 30 heavy (non-hydrogen) atoms. The van der Waals surface area contributed by atoms with E-state index in [1.54, 1.807) is 0 Å². The van der Waals surface area contributed by atoms with Gasteiger partial charge in [0.05, 0.1) is 46.9 Å². The Labute approximate surface area is 203 Å². The van der Waals surface area contributed by atoms with Gasteiger partial charge in [0.15, 0.2) is 0 Å². The first-order valence-corrected chi connectivity index (χ1v) is 8.53. The summed E-state index contributed by atoms with van der Waals surface area (Å²) in [7, 11) is 2.33. The monoisotopic (exact) mass is 587 g/mol. The van der Waals surface area contributed by atoms with Gasteiger partial charge in [0.2, 0.25) is 0 Å². The second-order valence-corrected chi connectivity index (χ2v) is 6.03. The molecule has 0 unspecified atom stereocenters. The minimum Gasteiger partial charge on any atom is -0.480 e. The Bertz CT molecular complexity index is 548. The molecule has 0 aliphatic carbocycles. The Hall–Kier alpha value is -1.51. The van der Waals surface area contributed by atoms with Crippen LogP contribution in [0.5, 0.6) is 0 Å². The number of nitrogens with zero attached hydrogens (tertiary/aromatic N) is 3. The van der Waals surface area contributed by atoms with Gasteiger partial charge in [-0.15, -0.1) is 0 Å². The Kier molecular flexibility index (Phi) is 17.6. The van der Waals surface area contributed by atoms with E-state index < -0.39 is 49.5 Å². The van der Waals surface area contributed by atoms with E-state index in [-0.39, 0.29) is 77.0 Å². The Morgan fingerprint density at radius 1 is 0.567 bits per heavy atom. The standard InChI is InChI=1S/C16H27N3O10.Ho/c1-28-15(26)10-18(8-13(22)23)5-3-17(7-12(20)21)4-6-19(9-14(24)25)11-16(27)29-2;/h3-11H2,1-2H3,(H,20,21)(H,22,23)(H,24,25);/i;1+1. The first-order chi connectivity index (χ1) is 13.6. The minimum absolute atomic E-state index is 0. The van der Waals surface area contributed by atoms with Crippen molar-refractivity contribution >= 4 is 29.8 Å². The van der Waals surface area contributed by atoms with Crippen LogP contribution in [0.15, 0.2) is 0 Å². The first-order valence-electron chi connectivity index (χ1n) is 8.53. The first kappa shape index (κ1) is 30.7. The molecule has 0 aromatic carbocycles. The summed E-state index contributed by atoms with van der Waals surface area (Å²) in [5, 5.41) is 26.9. The van der Waals surface area contributed by atoms with Crippen molar-refractivity contribution in [3.05, 3.63) is 0 Å². The molecule has 13 nitrogen and oxygen atoms in total. The third kappa shape index (κ3) is 16.3. The van der Waals surface area contributed by atoms with Crippen molar-refractivity contribution in [1.82, 2.24) is 14.7 Å². The van der Waals surface area contributed by atoms with E-state index in [9.17, 15) is 24.0 Å². The molecule has 0 aliphatic heterocycles. The van der Waals surface area contributed by atoms with E-state index in [0.29, 0.717) is 0 Å². The fourth-order valence-corrected chi connectivity index (χ4v) is 2.33. The molecule has 177 valence electrons. The summed E-state index contributed by atoms with van der Waals surface area (Å²) in [5.74, 6) is -4.74. The molecule has 0 aliphatic rings. The number of methoxy groups -OCH3 is 2. The van der Waals surface area contributed by atoms with Crippen molar-refractivity contribution in [3.63, 3.8) is 0 Å². The molecule has 0 aromatic heterocycles. The van der Waals surface area contributed by atoms with Crippen LogP contribution in [-0.2, 0) is 33.4 Å². The summed E-state index contributed by atoms with van der Waals surface area (Å²) in [6, 6.07) is 0. The van der Waals surface area contributed by atoms with Crippen molar-refractivity contribution < 1.29 is 86.5 Å². The van der Waals surface area contributed by atoms with Crippen molar-refractivity contribution in [2.24, 2.45) is 0 Å². The van der Waals surface area contributed by atoms with Gasteiger partial charge >= 0.3 is 29.8 Å². The van der Waals surface area contributed by atoms with Crippen LogP contribution >= 0.6 is 0 Å². The molecule has 1 radical (unpaired) electrons. The van der Waals surface area contributed by atoms with Crippen molar-refractivity contribution in [2.45, 2.75) is 0 Å². The number of rotatable bonds is 16. The molecule has 0 fully saturated rings. The minimum atomic E-state index is -1.16. The van der Waals surface area contributed by atoms with Crippen LogP contribution in [0.3, 0.4) is 0 Å². The number of carboxylic acids is 3. The molecule has 0 rings (SSSR count). The molecule has 3 N–H and O–H groups in total. The molecule has 0 atom stereocenters. The van der Waals surface area contributed by atoms with E-state index >= 15 is 0 Å². The van der Waals surface area contributed by atoms with Gasteiger partial charge < -0.3 is 24.8 Å². The van der Waals surface area contributed by atoms with Crippen LogP contribution in [-0.4, -0.2) is 133 Å². The van der Waals surface area contributed by atoms with Gasteiger partial charge in [-0.2, -0.15) is 0 Å². The van der Waals surface area contributed by atoms with Crippen LogP contribution < -0.4 is 0 Å². The predicted molar refractivity (Wildman–Crippen MR) is 96.3 cm³/mol. The second kappa shape index (κ2) is 17.2. The molecular formula is C16H27HoN3O10. The summed E-state index contributed by atoms with van der Waals surface area (Å²) in [6.45, 7) is -1.53. The molecule has 14 heteroatoms. The molecule has 0 heterocycles. The summed E-state index contributed by atoms with van der Waals surface area (Å²) in [4.78, 5) is 59.8. The van der Waals surface area contributed by atoms with E-state index in [1.807, 2.05) is 0 Å². The molecule has 0 saturated carbocycles. The maximum absolute atomic E-state index is 11.4. The van der Waals surface area contributed by atoms with Crippen LogP contribution in [0, 0.1) is 37.7 Å². The zero-order valence-corrected chi connectivity index (χ0v) is 18.6. The number of carboxylic acid groups (broad SMARTS) is 3. The number of hydrogen-bond donors (Lipinski definition) is 3. The third-order valence-electron chi connectivity index (χ3n) is 3.70. The zero-order valence-electron chi connectivity index (χ0n) is 16.7. The van der Waals surface area contributed by atoms with Gasteiger partial charge in [0.1, 0.15) is 0 Å². The third-order valence-corrected chi connectivity index (χ3v) is 3.70. The average molecular weight is 587 g/mol. The van der Waals surface area contributed by atoms with Crippen LogP contribution in [0.2, 0.25) is 0 Å². The van der Waals surface area contributed by atoms with Crippen LogP contribution in [0.25, 0.3) is 0 Å². The van der Waals surface area contributed by atoms with E-state index in [4.69, 9.17) is 15.3 Å². The zero-order chi connectivity index (χ0) is 22.4. The smallest absolute Gasteiger partial charge is 0.319 e. The summed E-state index contributed by atoms with van der Waals surface area (Å²) in [6.07, 6.45) is 0. The molecule has 0 amide bonds. The van der Waals surface area contributed by atoms with Gasteiger partial charge in [-0.05, 0) is 0 Å². The van der Waals surface area contributed by atoms with Crippen molar-refractivity contribution in [1.29, 1.82) is 0 Å². The maximum atomic E-state index is 11.4. The fourth-order valence-electron chi connectivity index (χ4n) is 2.33. The molecule has 0 spiro atoms. The topological polar surface area (TPSA) is 174 Å². The van der Waals surface area contributed by atoms with E-state index in [1.165, 1.54) is 14.7 Å². The van der Waals surface area contributed by atoms with Gasteiger partial charge in [-0.1, -0.05) is 0 Å². The predicted octanol–water partition coefficient (Wildman–Crippen LogP) is -2.51.